The highest BCUT2D eigenvalue weighted by molar-refractivity contribution is 7.61. The van der Waals surface area contributed by atoms with Crippen molar-refractivity contribution >= 4 is 54.8 Å². The highest BCUT2D eigenvalue weighted by Gasteiger charge is 2.46. The summed E-state index contributed by atoms with van der Waals surface area (Å²) in [6.45, 7) is 0.855. The number of aliphatic hydroxyl groups excluding tert-OH is 5. The second-order valence-corrected chi connectivity index (χ2v) is 15.2. The Morgan fingerprint density at radius 3 is 2.42 bits per heavy atom. The normalized spacial score (nSPS) is 23.3. The summed E-state index contributed by atoms with van der Waals surface area (Å²) in [5.41, 5.74) is 6.28. The van der Waals surface area contributed by atoms with Crippen LogP contribution in [0.3, 0.4) is 0 Å². The number of ether oxygens (including phenoxy) is 1. The van der Waals surface area contributed by atoms with Crippen LogP contribution in [0.15, 0.2) is 34.4 Å². The number of nitrogens with zero attached hydrogens (tertiary/aromatic N) is 6. The third-order valence-electron chi connectivity index (χ3n) is 8.46. The summed E-state index contributed by atoms with van der Waals surface area (Å²) < 4.78 is 46.7. The molecule has 0 bridgehead atoms. The lowest BCUT2D eigenvalue weighted by molar-refractivity contribution is -0.657. The van der Waals surface area contributed by atoms with E-state index in [0.717, 1.165) is 17.5 Å². The van der Waals surface area contributed by atoms with Gasteiger partial charge in [0.05, 0.1) is 19.5 Å². The summed E-state index contributed by atoms with van der Waals surface area (Å²) >= 11 is 0. The fraction of sp³-hybridized carbons (Fsp3) is 0.444. The lowest BCUT2D eigenvalue weighted by atomic mass is 10.1. The van der Waals surface area contributed by atoms with Crippen LogP contribution >= 0.6 is 15.6 Å². The fourth-order valence-electron chi connectivity index (χ4n) is 5.61. The van der Waals surface area contributed by atoms with Gasteiger partial charge in [-0.3, -0.25) is 23.4 Å². The van der Waals surface area contributed by atoms with Crippen molar-refractivity contribution in [2.45, 2.75) is 63.2 Å². The lowest BCUT2D eigenvalue weighted by Crippen LogP contribution is -2.51. The van der Waals surface area contributed by atoms with E-state index >= 15 is 0 Å². The minimum Gasteiger partial charge on any atom is -0.388 e. The van der Waals surface area contributed by atoms with Gasteiger partial charge in [0, 0.05) is 0 Å². The molecular weight excluding hydrogens is 752 g/mol. The first kappa shape index (κ1) is 38.6. The summed E-state index contributed by atoms with van der Waals surface area (Å²) in [5, 5.41) is 53.1. The molecule has 0 spiro atoms. The van der Waals surface area contributed by atoms with Crippen molar-refractivity contribution in [1.82, 2.24) is 34.5 Å². The number of phosphoric ester groups is 2. The van der Waals surface area contributed by atoms with Crippen molar-refractivity contribution in [3.63, 3.8) is 0 Å². The van der Waals surface area contributed by atoms with Crippen LogP contribution in [-0.4, -0.2) is 120 Å². The third-order valence-corrected chi connectivity index (χ3v) is 11.1. The van der Waals surface area contributed by atoms with Crippen LogP contribution in [0.5, 0.6) is 0 Å². The zero-order valence-corrected chi connectivity index (χ0v) is 29.3. The number of benzene rings is 1. The van der Waals surface area contributed by atoms with Gasteiger partial charge in [0.1, 0.15) is 60.5 Å². The molecule has 1 aromatic carbocycles. The van der Waals surface area contributed by atoms with Crippen molar-refractivity contribution in [3.05, 3.63) is 56.8 Å². The molecule has 24 nitrogen and oxygen atoms in total. The Kier molecular flexibility index (Phi) is 10.6. The van der Waals surface area contributed by atoms with Gasteiger partial charge < -0.3 is 45.8 Å². The number of aryl methyl sites for hydroxylation is 2. The molecule has 6 rings (SSSR count). The van der Waals surface area contributed by atoms with E-state index in [0.29, 0.717) is 11.0 Å². The lowest BCUT2D eigenvalue weighted by Gasteiger charge is -2.24. The maximum Gasteiger partial charge on any atom is 0.481 e. The molecule has 1 aliphatic heterocycles. The molecule has 26 heteroatoms. The Morgan fingerprint density at radius 2 is 1.68 bits per heavy atom. The van der Waals surface area contributed by atoms with Gasteiger partial charge in [-0.2, -0.15) is 9.29 Å². The molecule has 0 saturated carbocycles. The maximum absolute atomic E-state index is 12.5. The van der Waals surface area contributed by atoms with Crippen molar-refractivity contribution in [2.75, 3.05) is 18.9 Å². The van der Waals surface area contributed by atoms with Gasteiger partial charge in [0.15, 0.2) is 23.2 Å². The standard InChI is InChI=1S/C27H33N9O15P2/c1-10-3-12-13(4-11(10)2)35(24-18(32-12)25(42)34-27(43)33-24)5-14(37)19(39)15(38)6-48-52(44,45)51-53(46,47)49-7-16-20(40)21(41)26(50-16)36-9-31-17-22(28)29-8-30-23(17)36/h3-4,8-9,14-16,19-21,26,37-41H,5-7H2,1-2H3,(H5,28,29,30,34,42,43,44,45,46,47)/p+1/t14-,15+,16+,19?,20+,21+,26+/m0/s1. The number of phosphoric acid groups is 2. The molecule has 3 unspecified atom stereocenters. The first-order chi connectivity index (χ1) is 24.9. The smallest absolute Gasteiger partial charge is 0.388 e. The molecule has 11 N–H and O–H groups in total. The molecule has 5 aromatic rings. The topological polar surface area (TPSA) is 365 Å². The third kappa shape index (κ3) is 7.91. The molecule has 0 amide bonds. The average molecular weight is 787 g/mol. The van der Waals surface area contributed by atoms with Crippen LogP contribution in [0.2, 0.25) is 0 Å². The van der Waals surface area contributed by atoms with E-state index in [1.165, 1.54) is 15.5 Å². The van der Waals surface area contributed by atoms with Gasteiger partial charge in [-0.25, -0.2) is 38.4 Å². The van der Waals surface area contributed by atoms with E-state index < -0.39 is 89.5 Å². The fourth-order valence-corrected chi connectivity index (χ4v) is 7.70. The summed E-state index contributed by atoms with van der Waals surface area (Å²) in [6, 6.07) is 3.33. The summed E-state index contributed by atoms with van der Waals surface area (Å²) in [7, 11) is -11.0. The molecule has 1 fully saturated rings. The number of imidazole rings is 1. The highest BCUT2D eigenvalue weighted by atomic mass is 31.3. The molecule has 9 atom stereocenters. The zero-order valence-electron chi connectivity index (χ0n) is 27.5. The Bertz CT molecular complexity index is 2410. The number of aromatic amines is 2. The first-order valence-electron chi connectivity index (χ1n) is 15.5. The van der Waals surface area contributed by atoms with Gasteiger partial charge in [0.25, 0.3) is 5.56 Å². The van der Waals surface area contributed by atoms with Crippen LogP contribution in [0, 0.1) is 13.8 Å². The number of nitrogens with two attached hydrogens (primary N) is 1. The number of aliphatic hydroxyl groups is 5. The molecule has 0 radical (unpaired) electrons. The van der Waals surface area contributed by atoms with Gasteiger partial charge in [-0.05, 0) is 37.1 Å². The monoisotopic (exact) mass is 786 g/mol. The zero-order chi connectivity index (χ0) is 38.6. The Hall–Kier alpha value is -4.13. The number of hydrogen-bond acceptors (Lipinski definition) is 18. The Labute approximate surface area is 295 Å². The Balaban J connectivity index is 1.07. The number of nitrogens with one attached hydrogen (secondary N) is 2. The quantitative estimate of drug-likeness (QED) is 0.0324. The predicted octanol–water partition coefficient (Wildman–Crippen LogP) is -2.96. The van der Waals surface area contributed by atoms with Gasteiger partial charge in [-0.1, -0.05) is 0 Å². The van der Waals surface area contributed by atoms with Crippen LogP contribution in [0.4, 0.5) is 5.82 Å². The van der Waals surface area contributed by atoms with E-state index in [-0.39, 0.29) is 28.1 Å². The largest absolute Gasteiger partial charge is 0.481 e. The molecule has 1 saturated heterocycles. The van der Waals surface area contributed by atoms with E-state index in [2.05, 4.69) is 38.7 Å². The summed E-state index contributed by atoms with van der Waals surface area (Å²) in [6.07, 6.45) is -9.88. The average Bonchev–Trinajstić information content (AvgIpc) is 3.63. The van der Waals surface area contributed by atoms with E-state index in [4.69, 9.17) is 15.0 Å². The predicted molar refractivity (Wildman–Crippen MR) is 176 cm³/mol. The minimum atomic E-state index is -5.54. The molecule has 5 heterocycles. The van der Waals surface area contributed by atoms with Crippen molar-refractivity contribution < 1.29 is 67.1 Å². The molecule has 53 heavy (non-hydrogen) atoms. The van der Waals surface area contributed by atoms with E-state index in [1.807, 2.05) is 0 Å². The van der Waals surface area contributed by atoms with Gasteiger partial charge >= 0.3 is 27.0 Å². The summed E-state index contributed by atoms with van der Waals surface area (Å²) in [5.74, 6) is 0.0305. The number of nitrogen functional groups attached to an aromatic ring is 1. The first-order valence-corrected chi connectivity index (χ1v) is 18.5. The molecule has 0 aliphatic carbocycles. The van der Waals surface area contributed by atoms with Crippen molar-refractivity contribution in [3.8, 4) is 0 Å². The van der Waals surface area contributed by atoms with Crippen molar-refractivity contribution in [2.24, 2.45) is 0 Å². The van der Waals surface area contributed by atoms with Gasteiger partial charge in [-0.15, -0.1) is 0 Å². The Morgan fingerprint density at radius 1 is 0.981 bits per heavy atom. The summed E-state index contributed by atoms with van der Waals surface area (Å²) in [4.78, 5) is 65.4. The minimum absolute atomic E-state index is 0.0305. The number of fused-ring (bicyclic) bond motifs is 3. The highest BCUT2D eigenvalue weighted by Crippen LogP contribution is 2.60. The number of hydrogen-bond donors (Lipinski definition) is 10. The second kappa shape index (κ2) is 14.6. The van der Waals surface area contributed by atoms with Crippen LogP contribution in [0.25, 0.3) is 33.4 Å². The molecular formula is C27H34N9O15P2+. The van der Waals surface area contributed by atoms with E-state index in [1.54, 1.807) is 26.0 Å². The second-order valence-electron chi connectivity index (χ2n) is 12.1. The SMILES string of the molecule is Cc1cc2nc3c(=O)[nH]c(=O)[nH]c3[n+](C[C@H](O)C(O)[C@H](O)COP(=O)(O)OP(=O)(O)OC[C@H]3O[C@@H](n4cnc5c(N)ncnc54)[C@H](O)[C@@H]3O)c2cc1C. The van der Waals surface area contributed by atoms with Crippen LogP contribution in [0.1, 0.15) is 17.4 Å². The van der Waals surface area contributed by atoms with Crippen LogP contribution < -0.4 is 21.5 Å². The van der Waals surface area contributed by atoms with Crippen molar-refractivity contribution in [1.29, 1.82) is 0 Å². The van der Waals surface area contributed by atoms with E-state index in [9.17, 15) is 54.0 Å². The molecule has 286 valence electrons. The van der Waals surface area contributed by atoms with Gasteiger partial charge in [0.2, 0.25) is 5.52 Å². The van der Waals surface area contributed by atoms with Crippen LogP contribution in [-0.2, 0) is 33.8 Å². The number of anilines is 1. The number of aromatic nitrogens is 8. The number of H-pyrrole nitrogens is 2. The molecule has 1 aliphatic rings. The molecule has 4 aromatic heterocycles. The number of rotatable bonds is 13. The maximum atomic E-state index is 12.5.